The van der Waals surface area contributed by atoms with Crippen LogP contribution in [0.1, 0.15) is 29.2 Å². The molecule has 0 unspecified atom stereocenters. The van der Waals surface area contributed by atoms with E-state index < -0.39 is 5.54 Å². The van der Waals surface area contributed by atoms with Crippen LogP contribution in [-0.4, -0.2) is 35.5 Å². The molecule has 1 aliphatic heterocycles. The molecule has 31 heavy (non-hydrogen) atoms. The molecule has 1 heterocycles. The maximum atomic E-state index is 13.7. The summed E-state index contributed by atoms with van der Waals surface area (Å²) >= 11 is 0. The first-order chi connectivity index (χ1) is 15.0. The number of imide groups is 1. The third-order valence-electron chi connectivity index (χ3n) is 5.79. The van der Waals surface area contributed by atoms with Crippen molar-refractivity contribution in [2.24, 2.45) is 0 Å². The summed E-state index contributed by atoms with van der Waals surface area (Å²) in [6.45, 7) is 2.98. The minimum atomic E-state index is -1.22. The van der Waals surface area contributed by atoms with Crippen LogP contribution in [0.15, 0.2) is 84.9 Å². The Hall–Kier alpha value is -3.44. The van der Waals surface area contributed by atoms with E-state index >= 15 is 0 Å². The van der Waals surface area contributed by atoms with E-state index in [1.54, 1.807) is 0 Å². The number of nitrogens with zero attached hydrogens (tertiary/aromatic N) is 2. The molecule has 0 spiro atoms. The van der Waals surface area contributed by atoms with Crippen molar-refractivity contribution < 1.29 is 9.59 Å². The normalized spacial score (nSPS) is 15.4. The number of rotatable bonds is 7. The van der Waals surface area contributed by atoms with Gasteiger partial charge in [0.1, 0.15) is 0 Å². The fourth-order valence-corrected chi connectivity index (χ4v) is 4.12. The van der Waals surface area contributed by atoms with Gasteiger partial charge in [0.25, 0.3) is 5.91 Å². The topological polar surface area (TPSA) is 52.6 Å². The maximum Gasteiger partial charge on any atom is 0.326 e. The molecule has 0 saturated carbocycles. The summed E-state index contributed by atoms with van der Waals surface area (Å²) < 4.78 is 0. The molecule has 1 aliphatic rings. The van der Waals surface area contributed by atoms with E-state index in [4.69, 9.17) is 0 Å². The van der Waals surface area contributed by atoms with Gasteiger partial charge in [0.2, 0.25) is 0 Å². The summed E-state index contributed by atoms with van der Waals surface area (Å²) in [4.78, 5) is 30.0. The summed E-state index contributed by atoms with van der Waals surface area (Å²) in [6, 6.07) is 26.9. The van der Waals surface area contributed by atoms with Gasteiger partial charge in [-0.1, -0.05) is 91.9 Å². The van der Waals surface area contributed by atoms with Gasteiger partial charge in [0.15, 0.2) is 5.54 Å². The highest BCUT2D eigenvalue weighted by atomic mass is 16.2. The molecule has 158 valence electrons. The molecule has 1 N–H and O–H groups in total. The zero-order chi connectivity index (χ0) is 21.8. The molecule has 1 fully saturated rings. The van der Waals surface area contributed by atoms with Gasteiger partial charge in [-0.3, -0.25) is 9.69 Å². The van der Waals surface area contributed by atoms with Crippen LogP contribution in [0.2, 0.25) is 0 Å². The molecule has 1 saturated heterocycles. The smallest absolute Gasteiger partial charge is 0.315 e. The number of carbonyl (C=O) groups is 2. The van der Waals surface area contributed by atoms with Crippen LogP contribution >= 0.6 is 0 Å². The molecule has 0 atom stereocenters. The third kappa shape index (κ3) is 3.97. The molecule has 0 radical (unpaired) electrons. The first kappa shape index (κ1) is 20.8. The quantitative estimate of drug-likeness (QED) is 0.593. The second kappa shape index (κ2) is 8.74. The van der Waals surface area contributed by atoms with Crippen molar-refractivity contribution in [3.63, 3.8) is 0 Å². The second-order valence-corrected chi connectivity index (χ2v) is 7.97. The Morgan fingerprint density at radius 3 is 1.84 bits per heavy atom. The van der Waals surface area contributed by atoms with Crippen LogP contribution in [0.5, 0.6) is 0 Å². The fourth-order valence-electron chi connectivity index (χ4n) is 4.12. The lowest BCUT2D eigenvalue weighted by Gasteiger charge is -2.28. The van der Waals surface area contributed by atoms with E-state index in [0.717, 1.165) is 23.1 Å². The molecule has 0 aliphatic carbocycles. The molecule has 3 aromatic carbocycles. The number of amides is 3. The van der Waals surface area contributed by atoms with Gasteiger partial charge in [-0.05, 0) is 35.7 Å². The van der Waals surface area contributed by atoms with Crippen molar-refractivity contribution in [1.82, 2.24) is 15.1 Å². The van der Waals surface area contributed by atoms with Crippen molar-refractivity contribution in [3.05, 3.63) is 107 Å². The Balaban J connectivity index is 1.60. The third-order valence-corrected chi connectivity index (χ3v) is 5.79. The molecule has 0 aromatic heterocycles. The maximum absolute atomic E-state index is 13.7. The van der Waals surface area contributed by atoms with Crippen molar-refractivity contribution >= 4 is 11.9 Å². The van der Waals surface area contributed by atoms with Gasteiger partial charge in [-0.25, -0.2) is 9.69 Å². The number of aryl methyl sites for hydroxylation is 1. The first-order valence-electron chi connectivity index (χ1n) is 10.6. The SMILES string of the molecule is CCc1ccc(CN(C)CN2C(=O)NC(c3ccccc3)(c3ccccc3)C2=O)cc1. The van der Waals surface area contributed by atoms with Crippen LogP contribution in [0, 0.1) is 0 Å². The Kier molecular flexibility index (Phi) is 5.87. The van der Waals surface area contributed by atoms with Gasteiger partial charge < -0.3 is 5.32 Å². The Morgan fingerprint density at radius 2 is 1.32 bits per heavy atom. The molecule has 0 bridgehead atoms. The first-order valence-corrected chi connectivity index (χ1v) is 10.6. The van der Waals surface area contributed by atoms with E-state index in [1.807, 2.05) is 72.6 Å². The van der Waals surface area contributed by atoms with Crippen LogP contribution < -0.4 is 5.32 Å². The summed E-state index contributed by atoms with van der Waals surface area (Å²) in [7, 11) is 1.92. The van der Waals surface area contributed by atoms with Crippen molar-refractivity contribution in [1.29, 1.82) is 0 Å². The van der Waals surface area contributed by atoms with E-state index in [0.29, 0.717) is 6.54 Å². The average molecular weight is 414 g/mol. The molecule has 4 rings (SSSR count). The van der Waals surface area contributed by atoms with Crippen molar-refractivity contribution in [2.45, 2.75) is 25.4 Å². The lowest BCUT2D eigenvalue weighted by atomic mass is 9.83. The zero-order valence-electron chi connectivity index (χ0n) is 17.9. The highest BCUT2D eigenvalue weighted by molar-refractivity contribution is 6.09. The zero-order valence-corrected chi connectivity index (χ0v) is 17.9. The van der Waals surface area contributed by atoms with Gasteiger partial charge in [-0.15, -0.1) is 0 Å². The Labute approximate surface area is 183 Å². The van der Waals surface area contributed by atoms with Gasteiger partial charge >= 0.3 is 6.03 Å². The van der Waals surface area contributed by atoms with E-state index in [1.165, 1.54) is 10.5 Å². The van der Waals surface area contributed by atoms with Gasteiger partial charge in [-0.2, -0.15) is 0 Å². The molecular weight excluding hydrogens is 386 g/mol. The second-order valence-electron chi connectivity index (χ2n) is 7.97. The number of carbonyl (C=O) groups excluding carboxylic acids is 2. The summed E-state index contributed by atoms with van der Waals surface area (Å²) in [5.41, 5.74) is 2.71. The molecular formula is C26H27N3O2. The van der Waals surface area contributed by atoms with Crippen LogP contribution in [0.25, 0.3) is 0 Å². The van der Waals surface area contributed by atoms with Crippen LogP contribution in [0.3, 0.4) is 0 Å². The summed E-state index contributed by atoms with van der Waals surface area (Å²) in [5.74, 6) is -0.261. The van der Waals surface area contributed by atoms with E-state index in [-0.39, 0.29) is 18.6 Å². The summed E-state index contributed by atoms with van der Waals surface area (Å²) in [5, 5.41) is 2.99. The highest BCUT2D eigenvalue weighted by Gasteiger charge is 2.53. The molecule has 3 aromatic rings. The predicted octanol–water partition coefficient (Wildman–Crippen LogP) is 4.13. The predicted molar refractivity (Wildman–Crippen MR) is 121 cm³/mol. The summed E-state index contributed by atoms with van der Waals surface area (Å²) in [6.07, 6.45) is 1.000. The number of hydrogen-bond donors (Lipinski definition) is 1. The lowest BCUT2D eigenvalue weighted by Crippen LogP contribution is -2.46. The number of nitrogens with one attached hydrogen (secondary N) is 1. The van der Waals surface area contributed by atoms with E-state index in [2.05, 4.69) is 36.5 Å². The number of benzene rings is 3. The molecule has 5 heteroatoms. The Morgan fingerprint density at radius 1 is 0.806 bits per heavy atom. The Bertz CT molecular complexity index is 1010. The molecule has 3 amide bonds. The minimum absolute atomic E-state index is 0.210. The highest BCUT2D eigenvalue weighted by Crippen LogP contribution is 2.36. The van der Waals surface area contributed by atoms with Crippen LogP contribution in [0.4, 0.5) is 4.79 Å². The lowest BCUT2D eigenvalue weighted by molar-refractivity contribution is -0.131. The standard InChI is InChI=1S/C26H27N3O2/c1-3-20-14-16-21(17-15-20)18-28(2)19-29-24(30)26(27-25(29)31,22-10-6-4-7-11-22)23-12-8-5-9-13-23/h4-17H,3,18-19H2,1-2H3,(H,27,31). The number of hydrogen-bond acceptors (Lipinski definition) is 3. The van der Waals surface area contributed by atoms with Gasteiger partial charge in [0.05, 0.1) is 6.67 Å². The number of urea groups is 1. The van der Waals surface area contributed by atoms with Crippen LogP contribution in [-0.2, 0) is 23.3 Å². The largest absolute Gasteiger partial charge is 0.326 e. The molecule has 5 nitrogen and oxygen atoms in total. The van der Waals surface area contributed by atoms with E-state index in [9.17, 15) is 9.59 Å². The monoisotopic (exact) mass is 413 g/mol. The van der Waals surface area contributed by atoms with Gasteiger partial charge in [0, 0.05) is 6.54 Å². The van der Waals surface area contributed by atoms with Crippen molar-refractivity contribution in [3.8, 4) is 0 Å². The van der Waals surface area contributed by atoms with Crippen molar-refractivity contribution in [2.75, 3.05) is 13.7 Å². The minimum Gasteiger partial charge on any atom is -0.315 e. The fraction of sp³-hybridized carbons (Fsp3) is 0.231. The average Bonchev–Trinajstić information content (AvgIpc) is 3.06.